The van der Waals surface area contributed by atoms with E-state index >= 15 is 0 Å². The Morgan fingerprint density at radius 1 is 0.604 bits per heavy atom. The van der Waals surface area contributed by atoms with Gasteiger partial charge in [-0.05, 0) is 113 Å². The number of hydrogen-bond acceptors (Lipinski definition) is 3. The molecule has 232 valence electrons. The van der Waals surface area contributed by atoms with E-state index in [9.17, 15) is 5.26 Å². The fraction of sp³-hybridized carbons (Fsp3) is 0.0889. The summed E-state index contributed by atoms with van der Waals surface area (Å²) in [6.07, 6.45) is 0.950. The number of nitriles is 1. The van der Waals surface area contributed by atoms with Crippen molar-refractivity contribution in [2.45, 2.75) is 27.2 Å². The molecule has 0 fully saturated rings. The molecule has 0 aliphatic rings. The Hall–Kier alpha value is -6.11. The number of aryl methyl sites for hydroxylation is 3. The molecule has 0 N–H and O–H groups in total. The predicted octanol–water partition coefficient (Wildman–Crippen LogP) is 12.0. The van der Waals surface area contributed by atoms with Gasteiger partial charge in [-0.3, -0.25) is 4.99 Å². The van der Waals surface area contributed by atoms with Gasteiger partial charge in [-0.2, -0.15) is 5.26 Å². The first kappa shape index (κ1) is 31.9. The maximum atomic E-state index is 9.29. The van der Waals surface area contributed by atoms with Crippen molar-refractivity contribution in [3.05, 3.63) is 168 Å². The molecule has 0 amide bonds. The second-order valence-electron chi connectivity index (χ2n) is 11.8. The van der Waals surface area contributed by atoms with E-state index in [0.717, 1.165) is 45.4 Å². The summed E-state index contributed by atoms with van der Waals surface area (Å²) in [5.41, 5.74) is 15.4. The fourth-order valence-electron chi connectivity index (χ4n) is 6.10. The molecule has 0 unspecified atom stereocenters. The van der Waals surface area contributed by atoms with E-state index in [1.807, 2.05) is 55.5 Å². The van der Waals surface area contributed by atoms with Crippen molar-refractivity contribution in [2.75, 3.05) is 0 Å². The van der Waals surface area contributed by atoms with Crippen LogP contribution in [0.25, 0.3) is 55.5 Å². The van der Waals surface area contributed by atoms with Gasteiger partial charge in [0.1, 0.15) is 0 Å². The summed E-state index contributed by atoms with van der Waals surface area (Å²) in [5, 5.41) is 10.5. The normalized spacial score (nSPS) is 10.5. The van der Waals surface area contributed by atoms with Gasteiger partial charge in [0.2, 0.25) is 0 Å². The van der Waals surface area contributed by atoms with Crippen molar-refractivity contribution >= 4 is 23.3 Å². The zero-order valence-corrected chi connectivity index (χ0v) is 27.6. The van der Waals surface area contributed by atoms with Crippen LogP contribution in [0.3, 0.4) is 0 Å². The monoisotopic (exact) mass is 619 g/mol. The van der Waals surface area contributed by atoms with Gasteiger partial charge in [0.25, 0.3) is 0 Å². The molecule has 0 atom stereocenters. The molecular formula is C45H37N3. The minimum atomic E-state index is 0.693. The highest BCUT2D eigenvalue weighted by Crippen LogP contribution is 2.35. The largest absolute Gasteiger partial charge is 0.264 e. The number of benzene rings is 6. The van der Waals surface area contributed by atoms with Crippen molar-refractivity contribution in [1.29, 1.82) is 5.26 Å². The lowest BCUT2D eigenvalue weighted by molar-refractivity contribution is 1.14. The Morgan fingerprint density at radius 3 is 1.98 bits per heavy atom. The molecule has 3 nitrogen and oxygen atoms in total. The molecule has 0 saturated carbocycles. The van der Waals surface area contributed by atoms with E-state index in [2.05, 4.69) is 129 Å². The first-order valence-corrected chi connectivity index (χ1v) is 16.2. The van der Waals surface area contributed by atoms with Gasteiger partial charge < -0.3 is 0 Å². The smallest absolute Gasteiger partial charge is 0.0991 e. The minimum Gasteiger partial charge on any atom is -0.264 e. The van der Waals surface area contributed by atoms with Crippen LogP contribution in [0.2, 0.25) is 0 Å². The van der Waals surface area contributed by atoms with Crippen molar-refractivity contribution < 1.29 is 0 Å². The Morgan fingerprint density at radius 2 is 1.29 bits per heavy atom. The third kappa shape index (κ3) is 6.84. The molecule has 0 aliphatic heterocycles. The Balaban J connectivity index is 0.000000388. The highest BCUT2D eigenvalue weighted by molar-refractivity contribution is 5.96. The van der Waals surface area contributed by atoms with Gasteiger partial charge in [0.05, 0.1) is 28.5 Å². The molecular weight excluding hydrogens is 583 g/mol. The number of hydrogen-bond donors (Lipinski definition) is 0. The first-order valence-electron chi connectivity index (χ1n) is 16.2. The summed E-state index contributed by atoms with van der Waals surface area (Å²) < 4.78 is 0. The Labute approximate surface area is 283 Å². The molecule has 7 rings (SSSR count). The number of aromatic nitrogens is 1. The summed E-state index contributed by atoms with van der Waals surface area (Å²) in [6, 6.07) is 52.6. The summed E-state index contributed by atoms with van der Waals surface area (Å²) in [6.45, 7) is 9.73. The molecule has 0 saturated heterocycles. The SMILES string of the molecule is C=Nc1ccccc1C.CCc1ccc(-c2ccc(-c3cc(-c4ccccc4)c4ccccc4n3)cc2)cc1-c1ccc(C#N)cc1C. The summed E-state index contributed by atoms with van der Waals surface area (Å²) >= 11 is 0. The van der Waals surface area contributed by atoms with Crippen molar-refractivity contribution in [2.24, 2.45) is 4.99 Å². The third-order valence-corrected chi connectivity index (χ3v) is 8.74. The quantitative estimate of drug-likeness (QED) is 0.174. The zero-order chi connectivity index (χ0) is 33.5. The van der Waals surface area contributed by atoms with E-state index in [0.29, 0.717) is 5.56 Å². The molecule has 6 aromatic carbocycles. The molecule has 7 aromatic rings. The zero-order valence-electron chi connectivity index (χ0n) is 27.6. The van der Waals surface area contributed by atoms with Gasteiger partial charge in [0.15, 0.2) is 0 Å². The van der Waals surface area contributed by atoms with Crippen LogP contribution in [0.1, 0.15) is 29.2 Å². The Bertz CT molecular complexity index is 2260. The lowest BCUT2D eigenvalue weighted by Gasteiger charge is -2.14. The van der Waals surface area contributed by atoms with E-state index in [1.54, 1.807) is 0 Å². The number of fused-ring (bicyclic) bond motifs is 1. The van der Waals surface area contributed by atoms with Crippen LogP contribution in [0.5, 0.6) is 0 Å². The Kier molecular flexibility index (Phi) is 9.65. The molecule has 48 heavy (non-hydrogen) atoms. The lowest BCUT2D eigenvalue weighted by Crippen LogP contribution is -1.93. The third-order valence-electron chi connectivity index (χ3n) is 8.74. The van der Waals surface area contributed by atoms with E-state index < -0.39 is 0 Å². The molecule has 0 aliphatic carbocycles. The van der Waals surface area contributed by atoms with Crippen LogP contribution in [0.4, 0.5) is 5.69 Å². The van der Waals surface area contributed by atoms with Gasteiger partial charge in [-0.1, -0.05) is 116 Å². The van der Waals surface area contributed by atoms with E-state index in [4.69, 9.17) is 4.98 Å². The van der Waals surface area contributed by atoms with Crippen molar-refractivity contribution in [3.8, 4) is 50.7 Å². The summed E-state index contributed by atoms with van der Waals surface area (Å²) in [7, 11) is 0. The minimum absolute atomic E-state index is 0.693. The number of aliphatic imine (C=N–C) groups is 1. The topological polar surface area (TPSA) is 49.0 Å². The fourth-order valence-corrected chi connectivity index (χ4v) is 6.10. The van der Waals surface area contributed by atoms with Crippen LogP contribution < -0.4 is 0 Å². The van der Waals surface area contributed by atoms with Gasteiger partial charge in [-0.15, -0.1) is 0 Å². The number of nitrogens with zero attached hydrogens (tertiary/aromatic N) is 3. The number of para-hydroxylation sites is 2. The number of rotatable bonds is 6. The number of pyridine rings is 1. The molecule has 1 aromatic heterocycles. The molecule has 0 bridgehead atoms. The average Bonchev–Trinajstić information content (AvgIpc) is 3.15. The van der Waals surface area contributed by atoms with E-state index in [-0.39, 0.29) is 0 Å². The molecule has 0 radical (unpaired) electrons. The highest BCUT2D eigenvalue weighted by atomic mass is 14.7. The summed E-state index contributed by atoms with van der Waals surface area (Å²) in [4.78, 5) is 8.83. The molecule has 0 spiro atoms. The standard InChI is InChI=1S/C37H28N2.C8H9N/c1-3-27-14-19-31(22-34(27)32-20-13-26(24-38)21-25(32)2)28-15-17-30(18-16-28)37-23-35(29-9-5-4-6-10-29)33-11-7-8-12-36(33)39-37;1-7-5-3-4-6-8(7)9-2/h4-23H,3H2,1-2H3;3-6H,2H2,1H3. The maximum Gasteiger partial charge on any atom is 0.0991 e. The van der Waals surface area contributed by atoms with Crippen LogP contribution in [0.15, 0.2) is 151 Å². The second-order valence-corrected chi connectivity index (χ2v) is 11.8. The van der Waals surface area contributed by atoms with Gasteiger partial charge in [-0.25, -0.2) is 4.98 Å². The predicted molar refractivity (Wildman–Crippen MR) is 203 cm³/mol. The van der Waals surface area contributed by atoms with Crippen molar-refractivity contribution in [3.63, 3.8) is 0 Å². The van der Waals surface area contributed by atoms with E-state index in [1.165, 1.54) is 38.9 Å². The first-order chi connectivity index (χ1) is 23.5. The summed E-state index contributed by atoms with van der Waals surface area (Å²) in [5.74, 6) is 0. The van der Waals surface area contributed by atoms with Crippen LogP contribution >= 0.6 is 0 Å². The van der Waals surface area contributed by atoms with Crippen molar-refractivity contribution in [1.82, 2.24) is 4.98 Å². The van der Waals surface area contributed by atoms with Crippen LogP contribution in [-0.4, -0.2) is 11.7 Å². The van der Waals surface area contributed by atoms with Gasteiger partial charge >= 0.3 is 0 Å². The molecule has 3 heteroatoms. The average molecular weight is 620 g/mol. The second kappa shape index (κ2) is 14.5. The van der Waals surface area contributed by atoms with Crippen LogP contribution in [-0.2, 0) is 6.42 Å². The van der Waals surface area contributed by atoms with Crippen LogP contribution in [0, 0.1) is 25.2 Å². The molecule has 1 heterocycles. The van der Waals surface area contributed by atoms with Gasteiger partial charge in [0, 0.05) is 10.9 Å². The lowest BCUT2D eigenvalue weighted by atomic mass is 9.90. The highest BCUT2D eigenvalue weighted by Gasteiger charge is 2.12. The maximum absolute atomic E-state index is 9.29.